The molecular weight excluding hydrogens is 354 g/mol. The SMILES string of the molecule is CCC(CCCN1CCN(CCc2ccccc2)CC1)c1ccc(C#N)c(C)c1. The average molecular weight is 390 g/mol. The summed E-state index contributed by atoms with van der Waals surface area (Å²) in [5, 5.41) is 9.14. The summed E-state index contributed by atoms with van der Waals surface area (Å²) in [4.78, 5) is 5.24. The highest BCUT2D eigenvalue weighted by Crippen LogP contribution is 2.26. The van der Waals surface area contributed by atoms with Crippen LogP contribution in [-0.2, 0) is 6.42 Å². The first-order valence-electron chi connectivity index (χ1n) is 11.2. The van der Waals surface area contributed by atoms with Gasteiger partial charge in [-0.2, -0.15) is 5.26 Å². The zero-order valence-corrected chi connectivity index (χ0v) is 18.1. The minimum absolute atomic E-state index is 0.605. The molecule has 3 nitrogen and oxygen atoms in total. The summed E-state index contributed by atoms with van der Waals surface area (Å²) in [5.74, 6) is 0.605. The fourth-order valence-corrected chi connectivity index (χ4v) is 4.40. The van der Waals surface area contributed by atoms with Crippen molar-refractivity contribution in [3.05, 3.63) is 70.8 Å². The van der Waals surface area contributed by atoms with E-state index < -0.39 is 0 Å². The Balaban J connectivity index is 1.37. The van der Waals surface area contributed by atoms with E-state index in [9.17, 15) is 0 Å². The van der Waals surface area contributed by atoms with Gasteiger partial charge in [-0.05, 0) is 67.8 Å². The van der Waals surface area contributed by atoms with Crippen LogP contribution in [-0.4, -0.2) is 49.1 Å². The maximum absolute atomic E-state index is 9.14. The van der Waals surface area contributed by atoms with E-state index in [0.29, 0.717) is 5.92 Å². The molecule has 29 heavy (non-hydrogen) atoms. The van der Waals surface area contributed by atoms with Crippen LogP contribution in [0.4, 0.5) is 0 Å². The number of hydrogen-bond acceptors (Lipinski definition) is 3. The molecule has 0 spiro atoms. The monoisotopic (exact) mass is 389 g/mol. The van der Waals surface area contributed by atoms with E-state index in [1.54, 1.807) is 0 Å². The molecule has 1 unspecified atom stereocenters. The molecule has 1 heterocycles. The van der Waals surface area contributed by atoms with Gasteiger partial charge in [-0.3, -0.25) is 0 Å². The molecule has 0 aromatic heterocycles. The molecule has 1 saturated heterocycles. The third kappa shape index (κ3) is 6.42. The van der Waals surface area contributed by atoms with Crippen molar-refractivity contribution in [1.82, 2.24) is 9.80 Å². The summed E-state index contributed by atoms with van der Waals surface area (Å²) in [7, 11) is 0. The molecule has 2 aromatic carbocycles. The van der Waals surface area contributed by atoms with Gasteiger partial charge < -0.3 is 9.80 Å². The summed E-state index contributed by atoms with van der Waals surface area (Å²) >= 11 is 0. The van der Waals surface area contributed by atoms with Crippen molar-refractivity contribution in [3.63, 3.8) is 0 Å². The fourth-order valence-electron chi connectivity index (χ4n) is 4.40. The van der Waals surface area contributed by atoms with Gasteiger partial charge in [0.15, 0.2) is 0 Å². The van der Waals surface area contributed by atoms with Gasteiger partial charge in [-0.1, -0.05) is 49.4 Å². The molecule has 154 valence electrons. The number of nitrogens with zero attached hydrogens (tertiary/aromatic N) is 3. The fraction of sp³-hybridized carbons (Fsp3) is 0.500. The third-order valence-electron chi connectivity index (χ3n) is 6.39. The smallest absolute Gasteiger partial charge is 0.0994 e. The predicted molar refractivity (Wildman–Crippen MR) is 121 cm³/mol. The van der Waals surface area contributed by atoms with E-state index in [1.807, 2.05) is 13.0 Å². The summed E-state index contributed by atoms with van der Waals surface area (Å²) in [6.45, 7) is 11.5. The van der Waals surface area contributed by atoms with E-state index in [1.165, 1.54) is 69.7 Å². The Labute approximate surface area is 177 Å². The van der Waals surface area contributed by atoms with Crippen LogP contribution in [0, 0.1) is 18.3 Å². The number of rotatable bonds is 9. The molecule has 3 heteroatoms. The number of nitriles is 1. The zero-order chi connectivity index (χ0) is 20.5. The highest BCUT2D eigenvalue weighted by Gasteiger charge is 2.17. The first kappa shape index (κ1) is 21.6. The highest BCUT2D eigenvalue weighted by atomic mass is 15.3. The Morgan fingerprint density at radius 2 is 1.66 bits per heavy atom. The molecule has 0 N–H and O–H groups in total. The lowest BCUT2D eigenvalue weighted by molar-refractivity contribution is 0.131. The van der Waals surface area contributed by atoms with Gasteiger partial charge in [0.25, 0.3) is 0 Å². The van der Waals surface area contributed by atoms with E-state index in [2.05, 4.69) is 65.3 Å². The van der Waals surface area contributed by atoms with Crippen LogP contribution in [0.25, 0.3) is 0 Å². The van der Waals surface area contributed by atoms with Gasteiger partial charge in [0.05, 0.1) is 11.6 Å². The van der Waals surface area contributed by atoms with E-state index in [-0.39, 0.29) is 0 Å². The molecule has 0 aliphatic carbocycles. The molecule has 2 aromatic rings. The molecule has 0 bridgehead atoms. The van der Waals surface area contributed by atoms with Crippen LogP contribution in [0.3, 0.4) is 0 Å². The molecule has 0 radical (unpaired) electrons. The number of aryl methyl sites for hydroxylation is 1. The van der Waals surface area contributed by atoms with Crippen LogP contribution in [0.15, 0.2) is 48.5 Å². The molecular formula is C26H35N3. The number of piperazine rings is 1. The van der Waals surface area contributed by atoms with Crippen molar-refractivity contribution in [1.29, 1.82) is 5.26 Å². The summed E-state index contributed by atoms with van der Waals surface area (Å²) < 4.78 is 0. The van der Waals surface area contributed by atoms with Crippen LogP contribution in [0.5, 0.6) is 0 Å². The largest absolute Gasteiger partial charge is 0.301 e. The van der Waals surface area contributed by atoms with Crippen molar-refractivity contribution >= 4 is 0 Å². The maximum atomic E-state index is 9.14. The van der Waals surface area contributed by atoms with Gasteiger partial charge in [0.1, 0.15) is 0 Å². The van der Waals surface area contributed by atoms with Crippen LogP contribution >= 0.6 is 0 Å². The Morgan fingerprint density at radius 1 is 0.966 bits per heavy atom. The molecule has 0 amide bonds. The van der Waals surface area contributed by atoms with Crippen LogP contribution in [0.2, 0.25) is 0 Å². The zero-order valence-electron chi connectivity index (χ0n) is 18.1. The molecule has 1 atom stereocenters. The Morgan fingerprint density at radius 3 is 2.28 bits per heavy atom. The first-order chi connectivity index (χ1) is 14.2. The van der Waals surface area contributed by atoms with Gasteiger partial charge >= 0.3 is 0 Å². The second-order valence-corrected chi connectivity index (χ2v) is 8.35. The lowest BCUT2D eigenvalue weighted by Gasteiger charge is -2.35. The molecule has 1 aliphatic rings. The van der Waals surface area contributed by atoms with Crippen LogP contribution in [0.1, 0.15) is 54.4 Å². The quantitative estimate of drug-likeness (QED) is 0.604. The molecule has 1 aliphatic heterocycles. The topological polar surface area (TPSA) is 30.3 Å². The Hall–Kier alpha value is -2.15. The Bertz CT molecular complexity index is 785. The first-order valence-corrected chi connectivity index (χ1v) is 11.2. The summed E-state index contributed by atoms with van der Waals surface area (Å²) in [5.41, 5.74) is 4.75. The summed E-state index contributed by atoms with van der Waals surface area (Å²) in [6.07, 6.45) is 4.80. The molecule has 0 saturated carbocycles. The third-order valence-corrected chi connectivity index (χ3v) is 6.39. The van der Waals surface area contributed by atoms with Crippen molar-refractivity contribution in [2.45, 2.75) is 45.4 Å². The average Bonchev–Trinajstić information content (AvgIpc) is 2.77. The van der Waals surface area contributed by atoms with E-state index in [0.717, 1.165) is 17.5 Å². The van der Waals surface area contributed by atoms with Crippen molar-refractivity contribution in [2.24, 2.45) is 0 Å². The minimum atomic E-state index is 0.605. The van der Waals surface area contributed by atoms with Crippen molar-refractivity contribution < 1.29 is 0 Å². The van der Waals surface area contributed by atoms with Gasteiger partial charge in [-0.15, -0.1) is 0 Å². The normalized spacial score (nSPS) is 16.4. The van der Waals surface area contributed by atoms with Crippen LogP contribution < -0.4 is 0 Å². The predicted octanol–water partition coefficient (Wildman–Crippen LogP) is 5.00. The lowest BCUT2D eigenvalue weighted by Crippen LogP contribution is -2.47. The van der Waals surface area contributed by atoms with E-state index >= 15 is 0 Å². The minimum Gasteiger partial charge on any atom is -0.301 e. The number of benzene rings is 2. The summed E-state index contributed by atoms with van der Waals surface area (Å²) in [6, 6.07) is 19.5. The van der Waals surface area contributed by atoms with Gasteiger partial charge in [0.2, 0.25) is 0 Å². The van der Waals surface area contributed by atoms with Gasteiger partial charge in [-0.25, -0.2) is 0 Å². The molecule has 1 fully saturated rings. The Kier molecular flexibility index (Phi) is 8.28. The van der Waals surface area contributed by atoms with Gasteiger partial charge in [0, 0.05) is 32.7 Å². The second kappa shape index (κ2) is 11.1. The molecule has 3 rings (SSSR count). The maximum Gasteiger partial charge on any atom is 0.0994 e. The second-order valence-electron chi connectivity index (χ2n) is 8.35. The lowest BCUT2D eigenvalue weighted by atomic mass is 9.90. The standard InChI is InChI=1S/C26H35N3/c1-3-24(25-11-12-26(21-27)22(2)20-25)10-7-14-28-16-18-29(19-17-28)15-13-23-8-5-4-6-9-23/h4-6,8-9,11-12,20,24H,3,7,10,13-19H2,1-2H3. The number of hydrogen-bond donors (Lipinski definition) is 0. The van der Waals surface area contributed by atoms with Crippen molar-refractivity contribution in [3.8, 4) is 6.07 Å². The van der Waals surface area contributed by atoms with Crippen molar-refractivity contribution in [2.75, 3.05) is 39.3 Å². The van der Waals surface area contributed by atoms with E-state index in [4.69, 9.17) is 5.26 Å². The highest BCUT2D eigenvalue weighted by molar-refractivity contribution is 5.40.